The monoisotopic (exact) mass is 287 g/mol. The molecule has 1 heterocycles. The second-order valence-corrected chi connectivity index (χ2v) is 4.77. The predicted octanol–water partition coefficient (Wildman–Crippen LogP) is 1.70. The zero-order valence-corrected chi connectivity index (χ0v) is 11.8. The van der Waals surface area contributed by atoms with Crippen molar-refractivity contribution in [3.05, 3.63) is 48.3 Å². The molecule has 1 amide bonds. The molecule has 0 spiro atoms. The lowest BCUT2D eigenvalue weighted by Gasteiger charge is -2.15. The van der Waals surface area contributed by atoms with Crippen LogP contribution in [-0.2, 0) is 16.1 Å². The van der Waals surface area contributed by atoms with E-state index in [1.54, 1.807) is 17.9 Å². The van der Waals surface area contributed by atoms with Crippen LogP contribution in [0.25, 0.3) is 5.69 Å². The first-order chi connectivity index (χ1) is 10.1. The van der Waals surface area contributed by atoms with Crippen molar-refractivity contribution < 1.29 is 14.7 Å². The Morgan fingerprint density at radius 3 is 2.62 bits per heavy atom. The number of carboxylic acid groups (broad SMARTS) is 1. The molecule has 0 fully saturated rings. The van der Waals surface area contributed by atoms with Crippen LogP contribution >= 0.6 is 0 Å². The Labute approximate surface area is 122 Å². The molecule has 0 aliphatic heterocycles. The van der Waals surface area contributed by atoms with Crippen LogP contribution in [0.2, 0.25) is 0 Å². The highest BCUT2D eigenvalue weighted by atomic mass is 16.4. The van der Waals surface area contributed by atoms with Crippen molar-refractivity contribution in [1.29, 1.82) is 0 Å². The van der Waals surface area contributed by atoms with Crippen molar-refractivity contribution in [2.45, 2.75) is 19.4 Å². The molecule has 0 unspecified atom stereocenters. The van der Waals surface area contributed by atoms with Gasteiger partial charge in [-0.05, 0) is 12.1 Å². The second kappa shape index (κ2) is 6.69. The minimum atomic E-state index is -0.964. The molecule has 0 aliphatic carbocycles. The van der Waals surface area contributed by atoms with Gasteiger partial charge in [0, 0.05) is 31.8 Å². The molecule has 2 aromatic rings. The van der Waals surface area contributed by atoms with Crippen molar-refractivity contribution in [2.24, 2.45) is 0 Å². The Hall–Kier alpha value is -2.63. The quantitative estimate of drug-likeness (QED) is 0.877. The highest BCUT2D eigenvalue weighted by Gasteiger charge is 2.12. The number of hydrogen-bond donors (Lipinski definition) is 1. The van der Waals surface area contributed by atoms with Gasteiger partial charge in [-0.15, -0.1) is 0 Å². The number of amides is 1. The van der Waals surface area contributed by atoms with Gasteiger partial charge < -0.3 is 10.0 Å². The van der Waals surface area contributed by atoms with Gasteiger partial charge in [0.15, 0.2) is 0 Å². The van der Waals surface area contributed by atoms with Gasteiger partial charge in [-0.3, -0.25) is 9.59 Å². The van der Waals surface area contributed by atoms with Crippen LogP contribution in [0, 0.1) is 0 Å². The average molecular weight is 287 g/mol. The molecule has 1 aromatic carbocycles. The van der Waals surface area contributed by atoms with Crippen molar-refractivity contribution >= 4 is 11.9 Å². The van der Waals surface area contributed by atoms with Crippen molar-refractivity contribution in [1.82, 2.24) is 14.7 Å². The number of carbonyl (C=O) groups is 2. The molecular weight excluding hydrogens is 270 g/mol. The van der Waals surface area contributed by atoms with E-state index in [0.717, 1.165) is 11.3 Å². The summed E-state index contributed by atoms with van der Waals surface area (Å²) in [6, 6.07) is 9.68. The van der Waals surface area contributed by atoms with Crippen LogP contribution in [-0.4, -0.2) is 38.7 Å². The number of nitrogens with zero attached hydrogens (tertiary/aromatic N) is 3. The maximum absolute atomic E-state index is 11.8. The first-order valence-corrected chi connectivity index (χ1v) is 6.61. The molecule has 2 rings (SSSR count). The van der Waals surface area contributed by atoms with E-state index in [2.05, 4.69) is 5.10 Å². The Morgan fingerprint density at radius 1 is 1.24 bits per heavy atom. The topological polar surface area (TPSA) is 75.4 Å². The lowest BCUT2D eigenvalue weighted by atomic mass is 10.2. The van der Waals surface area contributed by atoms with Crippen LogP contribution in [0.15, 0.2) is 42.7 Å². The Balaban J connectivity index is 1.96. The first kappa shape index (κ1) is 14.8. The average Bonchev–Trinajstić information content (AvgIpc) is 2.94. The van der Waals surface area contributed by atoms with Gasteiger partial charge in [-0.1, -0.05) is 18.2 Å². The normalized spacial score (nSPS) is 10.3. The highest BCUT2D eigenvalue weighted by molar-refractivity contribution is 5.80. The highest BCUT2D eigenvalue weighted by Crippen LogP contribution is 2.09. The number of carbonyl (C=O) groups excluding carboxylic acids is 1. The molecule has 21 heavy (non-hydrogen) atoms. The van der Waals surface area contributed by atoms with Crippen LogP contribution < -0.4 is 0 Å². The van der Waals surface area contributed by atoms with E-state index in [1.165, 1.54) is 4.90 Å². The van der Waals surface area contributed by atoms with Crippen molar-refractivity contribution in [3.63, 3.8) is 0 Å². The fourth-order valence-electron chi connectivity index (χ4n) is 1.93. The molecule has 0 atom stereocenters. The van der Waals surface area contributed by atoms with E-state index in [0.29, 0.717) is 6.54 Å². The SMILES string of the molecule is CN(Cc1cnn(-c2ccccc2)c1)C(=O)CCC(=O)O. The number of hydrogen-bond acceptors (Lipinski definition) is 3. The van der Waals surface area contributed by atoms with Gasteiger partial charge in [-0.25, -0.2) is 4.68 Å². The van der Waals surface area contributed by atoms with E-state index in [9.17, 15) is 9.59 Å². The van der Waals surface area contributed by atoms with E-state index in [1.807, 2.05) is 36.5 Å². The summed E-state index contributed by atoms with van der Waals surface area (Å²) >= 11 is 0. The molecular formula is C15H17N3O3. The molecule has 0 saturated heterocycles. The molecule has 110 valence electrons. The lowest BCUT2D eigenvalue weighted by molar-refractivity contribution is -0.140. The Morgan fingerprint density at radius 2 is 1.95 bits per heavy atom. The minimum Gasteiger partial charge on any atom is -0.481 e. The number of rotatable bonds is 6. The van der Waals surface area contributed by atoms with E-state index >= 15 is 0 Å². The summed E-state index contributed by atoms with van der Waals surface area (Å²) in [6.45, 7) is 0.408. The van der Waals surface area contributed by atoms with E-state index in [-0.39, 0.29) is 18.7 Å². The maximum atomic E-state index is 11.8. The largest absolute Gasteiger partial charge is 0.481 e. The van der Waals surface area contributed by atoms with Gasteiger partial charge in [0.25, 0.3) is 0 Å². The summed E-state index contributed by atoms with van der Waals surface area (Å²) in [5.41, 5.74) is 1.84. The second-order valence-electron chi connectivity index (χ2n) is 4.77. The number of carboxylic acids is 1. The van der Waals surface area contributed by atoms with E-state index < -0.39 is 5.97 Å². The van der Waals surface area contributed by atoms with Gasteiger partial charge in [0.2, 0.25) is 5.91 Å². The zero-order chi connectivity index (χ0) is 15.2. The Bertz CT molecular complexity index is 622. The predicted molar refractivity (Wildman–Crippen MR) is 76.9 cm³/mol. The molecule has 6 nitrogen and oxygen atoms in total. The molecule has 0 saturated carbocycles. The maximum Gasteiger partial charge on any atom is 0.303 e. The lowest BCUT2D eigenvalue weighted by Crippen LogP contribution is -2.26. The van der Waals surface area contributed by atoms with Crippen molar-refractivity contribution in [2.75, 3.05) is 7.05 Å². The number of para-hydroxylation sites is 1. The molecule has 1 N–H and O–H groups in total. The van der Waals surface area contributed by atoms with Crippen LogP contribution in [0.1, 0.15) is 18.4 Å². The third-order valence-corrected chi connectivity index (χ3v) is 3.06. The summed E-state index contributed by atoms with van der Waals surface area (Å²) in [5, 5.41) is 12.8. The van der Waals surface area contributed by atoms with Crippen LogP contribution in [0.4, 0.5) is 0 Å². The molecule has 1 aromatic heterocycles. The zero-order valence-electron chi connectivity index (χ0n) is 11.8. The summed E-state index contributed by atoms with van der Waals surface area (Å²) in [4.78, 5) is 23.7. The molecule has 0 bridgehead atoms. The molecule has 0 radical (unpaired) electrons. The number of aromatic nitrogens is 2. The van der Waals surface area contributed by atoms with Crippen LogP contribution in [0.3, 0.4) is 0 Å². The van der Waals surface area contributed by atoms with Gasteiger partial charge >= 0.3 is 5.97 Å². The van der Waals surface area contributed by atoms with Crippen molar-refractivity contribution in [3.8, 4) is 5.69 Å². The molecule has 0 aliphatic rings. The summed E-state index contributed by atoms with van der Waals surface area (Å²) in [5.74, 6) is -1.15. The summed E-state index contributed by atoms with van der Waals surface area (Å²) in [7, 11) is 1.66. The minimum absolute atomic E-state index is 0.0126. The van der Waals surface area contributed by atoms with Gasteiger partial charge in [0.05, 0.1) is 18.3 Å². The number of aliphatic carboxylic acids is 1. The smallest absolute Gasteiger partial charge is 0.303 e. The molecule has 6 heteroatoms. The third-order valence-electron chi connectivity index (χ3n) is 3.06. The number of benzene rings is 1. The summed E-state index contributed by atoms with van der Waals surface area (Å²) < 4.78 is 1.74. The fourth-order valence-corrected chi connectivity index (χ4v) is 1.93. The Kier molecular flexibility index (Phi) is 4.71. The summed E-state index contributed by atoms with van der Waals surface area (Å²) in [6.07, 6.45) is 3.43. The van der Waals surface area contributed by atoms with E-state index in [4.69, 9.17) is 5.11 Å². The van der Waals surface area contributed by atoms with Gasteiger partial charge in [-0.2, -0.15) is 5.10 Å². The third kappa shape index (κ3) is 4.17. The standard InChI is InChI=1S/C15H17N3O3/c1-17(14(19)7-8-15(20)21)10-12-9-16-18(11-12)13-5-3-2-4-6-13/h2-6,9,11H,7-8,10H2,1H3,(H,20,21). The van der Waals surface area contributed by atoms with Crippen LogP contribution in [0.5, 0.6) is 0 Å². The van der Waals surface area contributed by atoms with Gasteiger partial charge in [0.1, 0.15) is 0 Å². The fraction of sp³-hybridized carbons (Fsp3) is 0.267. The first-order valence-electron chi connectivity index (χ1n) is 6.61.